The lowest BCUT2D eigenvalue weighted by molar-refractivity contribution is -0.140. The third-order valence-electron chi connectivity index (χ3n) is 3.56. The number of halogens is 4. The molecule has 1 saturated heterocycles. The average Bonchev–Trinajstić information content (AvgIpc) is 2.44. The Hall–Kier alpha value is -1.83. The van der Waals surface area contributed by atoms with Crippen molar-refractivity contribution in [1.82, 2.24) is 10.2 Å². The van der Waals surface area contributed by atoms with E-state index in [2.05, 4.69) is 5.32 Å². The maximum Gasteiger partial charge on any atom is 0.419 e. The molecule has 1 amide bonds. The van der Waals surface area contributed by atoms with E-state index in [1.807, 2.05) is 0 Å². The number of alkyl halides is 3. The third kappa shape index (κ3) is 4.17. The van der Waals surface area contributed by atoms with E-state index in [9.17, 15) is 22.4 Å². The molecule has 134 valence electrons. The Balaban J connectivity index is 2.36. The molecule has 0 saturated carbocycles. The number of hydrogen-bond acceptors (Lipinski definition) is 3. The smallest absolute Gasteiger partial charge is 0.419 e. The molecule has 1 atom stereocenters. The summed E-state index contributed by atoms with van der Waals surface area (Å²) in [5, 5.41) is 2.97. The summed E-state index contributed by atoms with van der Waals surface area (Å²) in [5.41, 5.74) is -2.27. The highest BCUT2D eigenvalue weighted by Gasteiger charge is 2.38. The van der Waals surface area contributed by atoms with Crippen LogP contribution in [0, 0.1) is 5.82 Å². The Morgan fingerprint density at radius 2 is 1.96 bits per heavy atom. The number of hydrogen-bond donors (Lipinski definition) is 1. The minimum absolute atomic E-state index is 0.150. The summed E-state index contributed by atoms with van der Waals surface area (Å²) in [7, 11) is 0. The Labute approximate surface area is 137 Å². The summed E-state index contributed by atoms with van der Waals surface area (Å²) < 4.78 is 58.4. The van der Waals surface area contributed by atoms with Crippen molar-refractivity contribution in [2.24, 2.45) is 0 Å². The van der Waals surface area contributed by atoms with Gasteiger partial charge in [-0.05, 0) is 26.8 Å². The van der Waals surface area contributed by atoms with Gasteiger partial charge in [0.05, 0.1) is 11.6 Å². The second-order valence-corrected chi connectivity index (χ2v) is 6.60. The predicted molar refractivity (Wildman–Crippen MR) is 80.0 cm³/mol. The predicted octanol–water partition coefficient (Wildman–Crippen LogP) is 3.73. The number of benzene rings is 1. The standard InChI is InChI=1S/C16H20F4N2O2/c1-15(2,3)24-14(23)22-8-7-21-9-12(22)10-5-4-6-11(13(10)17)16(18,19)20/h4-6,12,21H,7-9H2,1-3H3. The SMILES string of the molecule is CC(C)(C)OC(=O)N1CCNCC1c1cccc(C(F)(F)F)c1F. The summed E-state index contributed by atoms with van der Waals surface area (Å²) in [4.78, 5) is 13.6. The summed E-state index contributed by atoms with van der Waals surface area (Å²) in [6.07, 6.45) is -5.47. The van der Waals surface area contributed by atoms with Gasteiger partial charge in [0.2, 0.25) is 0 Å². The van der Waals surface area contributed by atoms with Crippen molar-refractivity contribution < 1.29 is 27.1 Å². The van der Waals surface area contributed by atoms with Gasteiger partial charge < -0.3 is 10.1 Å². The number of rotatable bonds is 1. The van der Waals surface area contributed by atoms with E-state index < -0.39 is 35.3 Å². The molecule has 1 N–H and O–H groups in total. The molecule has 4 nitrogen and oxygen atoms in total. The molecule has 1 fully saturated rings. The van der Waals surface area contributed by atoms with Crippen LogP contribution in [0.1, 0.15) is 37.9 Å². The minimum Gasteiger partial charge on any atom is -0.444 e. The zero-order chi connectivity index (χ0) is 18.1. The topological polar surface area (TPSA) is 41.6 Å². The number of piperazine rings is 1. The van der Waals surface area contributed by atoms with Gasteiger partial charge in [-0.15, -0.1) is 0 Å². The van der Waals surface area contributed by atoms with E-state index in [1.165, 1.54) is 11.0 Å². The molecule has 2 rings (SSSR count). The molecule has 1 aromatic carbocycles. The van der Waals surface area contributed by atoms with Crippen LogP contribution in [-0.2, 0) is 10.9 Å². The average molecular weight is 348 g/mol. The van der Waals surface area contributed by atoms with Gasteiger partial charge in [-0.25, -0.2) is 9.18 Å². The van der Waals surface area contributed by atoms with Crippen molar-refractivity contribution in [3.8, 4) is 0 Å². The van der Waals surface area contributed by atoms with E-state index in [1.54, 1.807) is 20.8 Å². The van der Waals surface area contributed by atoms with Crippen LogP contribution in [0.25, 0.3) is 0 Å². The number of nitrogens with one attached hydrogen (secondary N) is 1. The fourth-order valence-electron chi connectivity index (χ4n) is 2.55. The highest BCUT2D eigenvalue weighted by atomic mass is 19.4. The molecule has 0 radical (unpaired) electrons. The number of carbonyl (C=O) groups excluding carboxylic acids is 1. The number of amides is 1. The van der Waals surface area contributed by atoms with Crippen LogP contribution in [0.5, 0.6) is 0 Å². The van der Waals surface area contributed by atoms with Gasteiger partial charge in [0.15, 0.2) is 0 Å². The third-order valence-corrected chi connectivity index (χ3v) is 3.56. The lowest BCUT2D eigenvalue weighted by Crippen LogP contribution is -2.50. The van der Waals surface area contributed by atoms with E-state index in [4.69, 9.17) is 4.74 Å². The van der Waals surface area contributed by atoms with Crippen LogP contribution in [0.15, 0.2) is 18.2 Å². The maximum atomic E-state index is 14.4. The van der Waals surface area contributed by atoms with Crippen LogP contribution >= 0.6 is 0 Å². The normalized spacial score (nSPS) is 19.3. The van der Waals surface area contributed by atoms with Crippen molar-refractivity contribution in [1.29, 1.82) is 0 Å². The quantitative estimate of drug-likeness (QED) is 0.787. The molecule has 0 aliphatic carbocycles. The minimum atomic E-state index is -4.79. The van der Waals surface area contributed by atoms with E-state index in [0.29, 0.717) is 12.6 Å². The van der Waals surface area contributed by atoms with Crippen molar-refractivity contribution in [3.63, 3.8) is 0 Å². The molecule has 1 unspecified atom stereocenters. The molecule has 1 aliphatic rings. The molecule has 0 bridgehead atoms. The second-order valence-electron chi connectivity index (χ2n) is 6.60. The van der Waals surface area contributed by atoms with Crippen molar-refractivity contribution in [2.75, 3.05) is 19.6 Å². The van der Waals surface area contributed by atoms with Crippen molar-refractivity contribution in [3.05, 3.63) is 35.1 Å². The highest BCUT2D eigenvalue weighted by molar-refractivity contribution is 5.69. The Bertz CT molecular complexity index is 611. The molecular formula is C16H20F4N2O2. The van der Waals surface area contributed by atoms with E-state index in [0.717, 1.165) is 6.07 Å². The molecule has 1 heterocycles. The van der Waals surface area contributed by atoms with E-state index >= 15 is 0 Å². The maximum absolute atomic E-state index is 14.4. The zero-order valence-corrected chi connectivity index (χ0v) is 13.7. The molecule has 24 heavy (non-hydrogen) atoms. The summed E-state index contributed by atoms with van der Waals surface area (Å²) in [6.45, 7) is 5.88. The summed E-state index contributed by atoms with van der Waals surface area (Å²) in [6, 6.07) is 2.23. The molecule has 8 heteroatoms. The number of carbonyl (C=O) groups is 1. The largest absolute Gasteiger partial charge is 0.444 e. The van der Waals surface area contributed by atoms with Gasteiger partial charge in [-0.2, -0.15) is 13.2 Å². The second kappa shape index (κ2) is 6.58. The van der Waals surface area contributed by atoms with Crippen LogP contribution in [0.4, 0.5) is 22.4 Å². The van der Waals surface area contributed by atoms with Gasteiger partial charge in [-0.1, -0.05) is 12.1 Å². The first-order valence-electron chi connectivity index (χ1n) is 7.56. The van der Waals surface area contributed by atoms with Gasteiger partial charge >= 0.3 is 12.3 Å². The van der Waals surface area contributed by atoms with Gasteiger partial charge in [0, 0.05) is 25.2 Å². The first-order chi connectivity index (χ1) is 11.0. The Morgan fingerprint density at radius 3 is 2.54 bits per heavy atom. The van der Waals surface area contributed by atoms with Crippen LogP contribution < -0.4 is 5.32 Å². The zero-order valence-electron chi connectivity index (χ0n) is 13.7. The monoisotopic (exact) mass is 348 g/mol. The first-order valence-corrected chi connectivity index (χ1v) is 7.56. The molecule has 0 spiro atoms. The van der Waals surface area contributed by atoms with Gasteiger partial charge in [0.1, 0.15) is 11.4 Å². The van der Waals surface area contributed by atoms with Gasteiger partial charge in [-0.3, -0.25) is 4.90 Å². The van der Waals surface area contributed by atoms with E-state index in [-0.39, 0.29) is 18.7 Å². The van der Waals surface area contributed by atoms with Gasteiger partial charge in [0.25, 0.3) is 0 Å². The van der Waals surface area contributed by atoms with Crippen molar-refractivity contribution >= 4 is 6.09 Å². The highest BCUT2D eigenvalue weighted by Crippen LogP contribution is 2.35. The summed E-state index contributed by atoms with van der Waals surface area (Å²) in [5.74, 6) is -1.35. The fraction of sp³-hybridized carbons (Fsp3) is 0.562. The molecular weight excluding hydrogens is 328 g/mol. The summed E-state index contributed by atoms with van der Waals surface area (Å²) >= 11 is 0. The van der Waals surface area contributed by atoms with Crippen molar-refractivity contribution in [2.45, 2.75) is 38.6 Å². The van der Waals surface area contributed by atoms with Crippen LogP contribution in [0.2, 0.25) is 0 Å². The first kappa shape index (κ1) is 18.5. The lowest BCUT2D eigenvalue weighted by atomic mass is 10.00. The number of ether oxygens (including phenoxy) is 1. The molecule has 0 aromatic heterocycles. The fourth-order valence-corrected chi connectivity index (χ4v) is 2.55. The number of nitrogens with zero attached hydrogens (tertiary/aromatic N) is 1. The van der Waals surface area contributed by atoms with Crippen LogP contribution in [-0.4, -0.2) is 36.2 Å². The Kier molecular flexibility index (Phi) is 5.08. The molecule has 1 aliphatic heterocycles. The molecule has 1 aromatic rings. The lowest BCUT2D eigenvalue weighted by Gasteiger charge is -2.37. The Morgan fingerprint density at radius 1 is 1.29 bits per heavy atom. The van der Waals surface area contributed by atoms with Crippen LogP contribution in [0.3, 0.4) is 0 Å².